The molecule has 0 fully saturated rings. The number of nitrogens with zero attached hydrogens (tertiary/aromatic N) is 1. The highest BCUT2D eigenvalue weighted by Gasteiger charge is 2.34. The van der Waals surface area contributed by atoms with E-state index in [1.54, 1.807) is 6.07 Å². The molecule has 0 saturated carbocycles. The molecule has 0 amide bonds. The Labute approximate surface area is 126 Å². The second kappa shape index (κ2) is 4.18. The SMILES string of the molecule is Fc1cc2c(s1)CCN1Cc3[nH]c4ccccc4c3C[C@@H]21. The monoisotopic (exact) mass is 298 g/mol. The fourth-order valence-electron chi connectivity index (χ4n) is 3.93. The van der Waals surface area contributed by atoms with Gasteiger partial charge in [-0.05, 0) is 36.1 Å². The number of aromatic amines is 1. The molecule has 1 aromatic carbocycles. The molecule has 0 spiro atoms. The molecular weight excluding hydrogens is 283 g/mol. The van der Waals surface area contributed by atoms with E-state index in [0.717, 1.165) is 25.9 Å². The Bertz CT molecular complexity index is 848. The number of hydrogen-bond acceptors (Lipinski definition) is 2. The van der Waals surface area contributed by atoms with Gasteiger partial charge in [0, 0.05) is 40.6 Å². The van der Waals surface area contributed by atoms with Crippen molar-refractivity contribution in [2.24, 2.45) is 0 Å². The third-order valence-corrected chi connectivity index (χ3v) is 5.90. The van der Waals surface area contributed by atoms with Gasteiger partial charge in [-0.2, -0.15) is 4.39 Å². The van der Waals surface area contributed by atoms with Crippen molar-refractivity contribution in [3.05, 3.63) is 57.2 Å². The zero-order chi connectivity index (χ0) is 14.0. The van der Waals surface area contributed by atoms with Gasteiger partial charge >= 0.3 is 0 Å². The van der Waals surface area contributed by atoms with Crippen LogP contribution in [0, 0.1) is 5.13 Å². The predicted molar refractivity (Wildman–Crippen MR) is 83.1 cm³/mol. The summed E-state index contributed by atoms with van der Waals surface area (Å²) in [5.74, 6) is 0. The van der Waals surface area contributed by atoms with Crippen LogP contribution in [0.2, 0.25) is 0 Å². The van der Waals surface area contributed by atoms with Crippen molar-refractivity contribution in [2.45, 2.75) is 25.4 Å². The number of halogens is 1. The molecule has 2 nitrogen and oxygen atoms in total. The topological polar surface area (TPSA) is 19.0 Å². The van der Waals surface area contributed by atoms with Gasteiger partial charge in [0.15, 0.2) is 5.13 Å². The molecule has 2 aromatic heterocycles. The average Bonchev–Trinajstić information content (AvgIpc) is 3.04. The fourth-order valence-corrected chi connectivity index (χ4v) is 4.86. The molecule has 0 saturated heterocycles. The number of nitrogens with one attached hydrogen (secondary N) is 1. The number of benzene rings is 1. The first-order valence-corrected chi connectivity index (χ1v) is 8.22. The molecule has 2 aliphatic rings. The molecule has 1 N–H and O–H groups in total. The van der Waals surface area contributed by atoms with Crippen molar-refractivity contribution in [1.82, 2.24) is 9.88 Å². The maximum Gasteiger partial charge on any atom is 0.176 e. The normalized spacial score (nSPS) is 21.1. The molecule has 1 atom stereocenters. The van der Waals surface area contributed by atoms with Gasteiger partial charge in [0.05, 0.1) is 0 Å². The largest absolute Gasteiger partial charge is 0.357 e. The number of hydrogen-bond donors (Lipinski definition) is 1. The summed E-state index contributed by atoms with van der Waals surface area (Å²) in [7, 11) is 0. The summed E-state index contributed by atoms with van der Waals surface area (Å²) in [5, 5.41) is 1.29. The molecule has 0 unspecified atom stereocenters. The first kappa shape index (κ1) is 12.0. The van der Waals surface area contributed by atoms with Gasteiger partial charge in [-0.1, -0.05) is 18.2 Å². The van der Waals surface area contributed by atoms with E-state index in [9.17, 15) is 4.39 Å². The summed E-state index contributed by atoms with van der Waals surface area (Å²) >= 11 is 1.33. The smallest absolute Gasteiger partial charge is 0.176 e. The van der Waals surface area contributed by atoms with Crippen LogP contribution in [0.4, 0.5) is 4.39 Å². The summed E-state index contributed by atoms with van der Waals surface area (Å²) in [6.07, 6.45) is 1.97. The summed E-state index contributed by atoms with van der Waals surface area (Å²) in [5.41, 5.74) is 5.21. The van der Waals surface area contributed by atoms with Gasteiger partial charge in [-0.3, -0.25) is 4.90 Å². The van der Waals surface area contributed by atoms with E-state index in [1.807, 2.05) is 0 Å². The molecule has 0 bridgehead atoms. The van der Waals surface area contributed by atoms with E-state index in [4.69, 9.17) is 0 Å². The van der Waals surface area contributed by atoms with Gasteiger partial charge in [-0.15, -0.1) is 11.3 Å². The van der Waals surface area contributed by atoms with E-state index < -0.39 is 0 Å². The summed E-state index contributed by atoms with van der Waals surface area (Å²) in [6, 6.07) is 10.6. The Balaban J connectivity index is 1.66. The highest BCUT2D eigenvalue weighted by Crippen LogP contribution is 2.42. The van der Waals surface area contributed by atoms with Crippen molar-refractivity contribution < 1.29 is 4.39 Å². The first-order valence-electron chi connectivity index (χ1n) is 7.40. The number of H-pyrrole nitrogens is 1. The molecule has 0 aliphatic carbocycles. The van der Waals surface area contributed by atoms with Crippen LogP contribution in [0.1, 0.15) is 27.7 Å². The maximum atomic E-state index is 13.6. The van der Waals surface area contributed by atoms with Crippen LogP contribution >= 0.6 is 11.3 Å². The van der Waals surface area contributed by atoms with Gasteiger partial charge in [0.25, 0.3) is 0 Å². The lowest BCUT2D eigenvalue weighted by Crippen LogP contribution is -2.38. The molecule has 3 aromatic rings. The summed E-state index contributed by atoms with van der Waals surface area (Å²) in [6.45, 7) is 1.98. The molecule has 106 valence electrons. The fraction of sp³-hybridized carbons (Fsp3) is 0.294. The minimum absolute atomic E-state index is 0.0356. The summed E-state index contributed by atoms with van der Waals surface area (Å²) < 4.78 is 13.6. The Hall–Kier alpha value is -1.65. The van der Waals surface area contributed by atoms with Crippen LogP contribution in [-0.2, 0) is 19.4 Å². The van der Waals surface area contributed by atoms with Gasteiger partial charge in [-0.25, -0.2) is 0 Å². The zero-order valence-corrected chi connectivity index (χ0v) is 12.3. The number of para-hydroxylation sites is 1. The lowest BCUT2D eigenvalue weighted by molar-refractivity contribution is 0.161. The molecule has 5 rings (SSSR count). The molecule has 2 aliphatic heterocycles. The van der Waals surface area contributed by atoms with E-state index in [1.165, 1.54) is 43.9 Å². The quantitative estimate of drug-likeness (QED) is 0.664. The third-order valence-electron chi connectivity index (χ3n) is 4.90. The predicted octanol–water partition coefficient (Wildman–Crippen LogP) is 4.02. The van der Waals surface area contributed by atoms with E-state index in [-0.39, 0.29) is 5.13 Å². The van der Waals surface area contributed by atoms with Crippen LogP contribution in [0.5, 0.6) is 0 Å². The zero-order valence-electron chi connectivity index (χ0n) is 11.5. The van der Waals surface area contributed by atoms with Crippen LogP contribution < -0.4 is 0 Å². The first-order chi connectivity index (χ1) is 10.3. The molecule has 21 heavy (non-hydrogen) atoms. The minimum Gasteiger partial charge on any atom is -0.357 e. The average molecular weight is 298 g/mol. The van der Waals surface area contributed by atoms with E-state index in [2.05, 4.69) is 34.1 Å². The maximum absolute atomic E-state index is 13.6. The van der Waals surface area contributed by atoms with Crippen LogP contribution in [0.15, 0.2) is 30.3 Å². The van der Waals surface area contributed by atoms with Crippen LogP contribution in [0.25, 0.3) is 10.9 Å². The van der Waals surface area contributed by atoms with Crippen LogP contribution in [0.3, 0.4) is 0 Å². The lowest BCUT2D eigenvalue weighted by atomic mass is 9.89. The Morgan fingerprint density at radius 3 is 3.14 bits per heavy atom. The number of fused-ring (bicyclic) bond motifs is 6. The van der Waals surface area contributed by atoms with Crippen molar-refractivity contribution in [2.75, 3.05) is 6.54 Å². The number of aromatic nitrogens is 1. The number of rotatable bonds is 0. The molecule has 4 heteroatoms. The third kappa shape index (κ3) is 1.66. The van der Waals surface area contributed by atoms with E-state index in [0.29, 0.717) is 6.04 Å². The Morgan fingerprint density at radius 1 is 1.29 bits per heavy atom. The van der Waals surface area contributed by atoms with Crippen molar-refractivity contribution in [3.63, 3.8) is 0 Å². The van der Waals surface area contributed by atoms with Gasteiger partial charge < -0.3 is 4.98 Å². The van der Waals surface area contributed by atoms with E-state index >= 15 is 0 Å². The Morgan fingerprint density at radius 2 is 2.19 bits per heavy atom. The molecular formula is C17H15FN2S. The van der Waals surface area contributed by atoms with Crippen molar-refractivity contribution in [1.29, 1.82) is 0 Å². The second-order valence-corrected chi connectivity index (χ2v) is 7.08. The molecule has 4 heterocycles. The Kier molecular flexibility index (Phi) is 2.38. The van der Waals surface area contributed by atoms with Gasteiger partial charge in [0.2, 0.25) is 0 Å². The van der Waals surface area contributed by atoms with Gasteiger partial charge in [0.1, 0.15) is 0 Å². The number of thiophene rings is 1. The summed E-state index contributed by atoms with van der Waals surface area (Å²) in [4.78, 5) is 7.30. The van der Waals surface area contributed by atoms with Crippen molar-refractivity contribution in [3.8, 4) is 0 Å². The van der Waals surface area contributed by atoms with Crippen LogP contribution in [-0.4, -0.2) is 16.4 Å². The lowest BCUT2D eigenvalue weighted by Gasteiger charge is -2.39. The minimum atomic E-state index is -0.0356. The molecule has 0 radical (unpaired) electrons. The standard InChI is InChI=1S/C17H15FN2S/c18-17-8-12-15-7-11-10-3-1-2-4-13(10)19-14(11)9-20(15)6-5-16(12)21-17/h1-4,8,15,19H,5-7,9H2/t15-/m0/s1. The highest BCUT2D eigenvalue weighted by atomic mass is 32.1. The second-order valence-electron chi connectivity index (χ2n) is 6.00. The highest BCUT2D eigenvalue weighted by molar-refractivity contribution is 7.10. The van der Waals surface area contributed by atoms with Crippen molar-refractivity contribution >= 4 is 22.2 Å².